The number of aliphatic imine (C=N–C) groups is 1. The van der Waals surface area contributed by atoms with Gasteiger partial charge in [0.15, 0.2) is 5.79 Å². The molecule has 0 aliphatic carbocycles. The molecule has 27 heavy (non-hydrogen) atoms. The molecule has 0 radical (unpaired) electrons. The van der Waals surface area contributed by atoms with Crippen LogP contribution in [0.1, 0.15) is 11.1 Å². The number of hydrogen-bond donors (Lipinski definition) is 4. The maximum absolute atomic E-state index is 12.6. The van der Waals surface area contributed by atoms with E-state index in [9.17, 15) is 13.2 Å². The number of hydrogen-bond acceptors (Lipinski definition) is 4. The molecule has 3 heterocycles. The molecule has 5 N–H and O–H groups in total. The number of aromatic amines is 1. The second-order valence-corrected chi connectivity index (χ2v) is 6.54. The Balaban J connectivity index is 1.79. The average molecular weight is 395 g/mol. The molecule has 1 aliphatic rings. The van der Waals surface area contributed by atoms with Gasteiger partial charge in [-0.15, -0.1) is 0 Å². The predicted octanol–water partition coefficient (Wildman–Crippen LogP) is 3.31. The number of nitrogens with two attached hydrogens (primary N) is 1. The molecule has 4 rings (SSSR count). The molecule has 1 aromatic carbocycles. The van der Waals surface area contributed by atoms with E-state index < -0.39 is 18.5 Å². The van der Waals surface area contributed by atoms with Crippen LogP contribution in [0.25, 0.3) is 10.9 Å². The number of pyridine rings is 1. The smallest absolute Gasteiger partial charge is 0.348 e. The molecule has 0 spiro atoms. The monoisotopic (exact) mass is 394 g/mol. The van der Waals surface area contributed by atoms with Crippen LogP contribution in [0.2, 0.25) is 5.02 Å². The highest BCUT2D eigenvalue weighted by molar-refractivity contribution is 6.35. The molecule has 10 heteroatoms. The van der Waals surface area contributed by atoms with Crippen LogP contribution in [-0.2, 0) is 5.79 Å². The van der Waals surface area contributed by atoms with Gasteiger partial charge in [-0.1, -0.05) is 17.7 Å². The molecule has 140 valence electrons. The third kappa shape index (κ3) is 3.31. The van der Waals surface area contributed by atoms with Crippen LogP contribution in [0.4, 0.5) is 19.0 Å². The minimum atomic E-state index is -4.43. The van der Waals surface area contributed by atoms with E-state index in [4.69, 9.17) is 17.3 Å². The van der Waals surface area contributed by atoms with Crippen molar-refractivity contribution in [2.75, 3.05) is 11.9 Å². The summed E-state index contributed by atoms with van der Waals surface area (Å²) in [5, 5.41) is 7.06. The standard InChI is InChI=1S/C17H14ClF3N6/c18-12-7-10(6-9-2-1-4-23-13(9)12)17(22)26-14-11(3-5-24-14)15(27-17)25-8-16(19,20)21/h1-7,24,26H,8,22H2,(H,25,27). The Morgan fingerprint density at radius 3 is 2.81 bits per heavy atom. The zero-order chi connectivity index (χ0) is 19.2. The summed E-state index contributed by atoms with van der Waals surface area (Å²) in [7, 11) is 0. The number of amidine groups is 1. The van der Waals surface area contributed by atoms with Crippen molar-refractivity contribution in [3.8, 4) is 0 Å². The zero-order valence-electron chi connectivity index (χ0n) is 13.7. The van der Waals surface area contributed by atoms with Gasteiger partial charge in [0.1, 0.15) is 18.2 Å². The fourth-order valence-corrected chi connectivity index (χ4v) is 3.24. The van der Waals surface area contributed by atoms with Crippen molar-refractivity contribution >= 4 is 34.2 Å². The minimum Gasteiger partial charge on any atom is -0.348 e. The first-order valence-corrected chi connectivity index (χ1v) is 8.32. The van der Waals surface area contributed by atoms with Gasteiger partial charge < -0.3 is 15.6 Å². The van der Waals surface area contributed by atoms with Crippen molar-refractivity contribution < 1.29 is 13.2 Å². The third-order valence-electron chi connectivity index (χ3n) is 4.17. The Morgan fingerprint density at radius 2 is 2.04 bits per heavy atom. The number of halogens is 4. The third-order valence-corrected chi connectivity index (χ3v) is 4.46. The van der Waals surface area contributed by atoms with E-state index in [-0.39, 0.29) is 5.84 Å². The summed E-state index contributed by atoms with van der Waals surface area (Å²) in [6.07, 6.45) is -1.22. The Morgan fingerprint density at radius 1 is 1.22 bits per heavy atom. The molecule has 0 amide bonds. The highest BCUT2D eigenvalue weighted by atomic mass is 35.5. The van der Waals surface area contributed by atoms with Crippen molar-refractivity contribution in [2.45, 2.75) is 12.0 Å². The molecular formula is C17H14ClF3N6. The summed E-state index contributed by atoms with van der Waals surface area (Å²) < 4.78 is 37.9. The maximum Gasteiger partial charge on any atom is 0.408 e. The summed E-state index contributed by atoms with van der Waals surface area (Å²) in [6.45, 7) is -1.32. The number of nitrogens with zero attached hydrogens (tertiary/aromatic N) is 2. The molecule has 0 saturated heterocycles. The summed E-state index contributed by atoms with van der Waals surface area (Å²) in [5.74, 6) is -0.928. The molecule has 6 nitrogen and oxygen atoms in total. The summed E-state index contributed by atoms with van der Waals surface area (Å²) >= 11 is 6.32. The van der Waals surface area contributed by atoms with Crippen LogP contribution in [0, 0.1) is 0 Å². The van der Waals surface area contributed by atoms with Gasteiger partial charge in [-0.25, -0.2) is 0 Å². The van der Waals surface area contributed by atoms with Crippen LogP contribution in [0.15, 0.2) is 47.7 Å². The lowest BCUT2D eigenvalue weighted by molar-refractivity contribution is -0.118. The normalized spacial score (nSPS) is 21.0. The van der Waals surface area contributed by atoms with Crippen LogP contribution in [0.5, 0.6) is 0 Å². The SMILES string of the molecule is NC1(c2cc(Cl)c3ncccc3c2)NC(=NCC(F)(F)F)c2cc[nH]c2N1. The Hall–Kier alpha value is -2.78. The van der Waals surface area contributed by atoms with Gasteiger partial charge in [0.2, 0.25) is 0 Å². The maximum atomic E-state index is 12.6. The topological polar surface area (TPSA) is 91.1 Å². The predicted molar refractivity (Wildman–Crippen MR) is 97.6 cm³/mol. The average Bonchev–Trinajstić information content (AvgIpc) is 3.07. The highest BCUT2D eigenvalue weighted by Gasteiger charge is 2.37. The van der Waals surface area contributed by atoms with E-state index in [0.29, 0.717) is 27.5 Å². The van der Waals surface area contributed by atoms with Crippen molar-refractivity contribution in [3.63, 3.8) is 0 Å². The van der Waals surface area contributed by atoms with E-state index in [1.165, 1.54) is 0 Å². The van der Waals surface area contributed by atoms with E-state index in [0.717, 1.165) is 5.39 Å². The lowest BCUT2D eigenvalue weighted by atomic mass is 10.0. The second kappa shape index (κ2) is 6.14. The molecule has 3 aromatic rings. The first kappa shape index (κ1) is 17.6. The lowest BCUT2D eigenvalue weighted by Crippen LogP contribution is -2.61. The van der Waals surface area contributed by atoms with Crippen LogP contribution in [-0.4, -0.2) is 28.5 Å². The number of fused-ring (bicyclic) bond motifs is 2. The summed E-state index contributed by atoms with van der Waals surface area (Å²) in [6, 6.07) is 8.58. The number of alkyl halides is 3. The molecule has 1 atom stereocenters. The van der Waals surface area contributed by atoms with Crippen molar-refractivity contribution in [2.24, 2.45) is 10.7 Å². The number of benzene rings is 1. The van der Waals surface area contributed by atoms with Gasteiger partial charge in [-0.3, -0.25) is 15.7 Å². The molecule has 0 fully saturated rings. The van der Waals surface area contributed by atoms with E-state index >= 15 is 0 Å². The first-order chi connectivity index (χ1) is 12.8. The Labute approximate surface area is 156 Å². The van der Waals surface area contributed by atoms with Crippen LogP contribution in [0.3, 0.4) is 0 Å². The molecule has 0 bridgehead atoms. The number of nitrogens with one attached hydrogen (secondary N) is 3. The highest BCUT2D eigenvalue weighted by Crippen LogP contribution is 2.32. The molecule has 1 unspecified atom stereocenters. The van der Waals surface area contributed by atoms with E-state index in [1.54, 1.807) is 36.7 Å². The second-order valence-electron chi connectivity index (χ2n) is 6.14. The van der Waals surface area contributed by atoms with Gasteiger partial charge in [-0.05, 0) is 24.3 Å². The Bertz CT molecular complexity index is 1040. The number of rotatable bonds is 2. The fraction of sp³-hybridized carbons (Fsp3) is 0.176. The minimum absolute atomic E-state index is 0.0345. The summed E-state index contributed by atoms with van der Waals surface area (Å²) in [4.78, 5) is 10.8. The molecule has 0 saturated carbocycles. The molecule has 2 aromatic heterocycles. The van der Waals surface area contributed by atoms with Gasteiger partial charge in [0.05, 0.1) is 16.1 Å². The van der Waals surface area contributed by atoms with Crippen LogP contribution < -0.4 is 16.4 Å². The largest absolute Gasteiger partial charge is 0.408 e. The van der Waals surface area contributed by atoms with Gasteiger partial charge in [0.25, 0.3) is 0 Å². The van der Waals surface area contributed by atoms with Crippen molar-refractivity contribution in [1.82, 2.24) is 15.3 Å². The van der Waals surface area contributed by atoms with Gasteiger partial charge in [0, 0.05) is 23.3 Å². The first-order valence-electron chi connectivity index (χ1n) is 7.94. The lowest BCUT2D eigenvalue weighted by Gasteiger charge is -2.38. The van der Waals surface area contributed by atoms with Crippen molar-refractivity contribution in [1.29, 1.82) is 0 Å². The quantitative estimate of drug-likeness (QED) is 0.536. The molecule has 1 aliphatic heterocycles. The number of anilines is 1. The number of aromatic nitrogens is 2. The molecular weight excluding hydrogens is 381 g/mol. The summed E-state index contributed by atoms with van der Waals surface area (Å²) in [5.41, 5.74) is 8.05. The zero-order valence-corrected chi connectivity index (χ0v) is 14.5. The van der Waals surface area contributed by atoms with Gasteiger partial charge >= 0.3 is 6.18 Å². The van der Waals surface area contributed by atoms with Gasteiger partial charge in [-0.2, -0.15) is 13.2 Å². The van der Waals surface area contributed by atoms with Crippen LogP contribution >= 0.6 is 11.6 Å². The Kier molecular flexibility index (Phi) is 4.01. The van der Waals surface area contributed by atoms with Crippen molar-refractivity contribution in [3.05, 3.63) is 58.9 Å². The van der Waals surface area contributed by atoms with E-state index in [1.807, 2.05) is 6.07 Å². The van der Waals surface area contributed by atoms with E-state index in [2.05, 4.69) is 25.6 Å². The fourth-order valence-electron chi connectivity index (χ4n) is 2.97. The number of H-pyrrole nitrogens is 1.